The van der Waals surface area contributed by atoms with E-state index >= 15 is 0 Å². The Morgan fingerprint density at radius 2 is 1.96 bits per heavy atom. The largest absolute Gasteiger partial charge is 0.349 e. The summed E-state index contributed by atoms with van der Waals surface area (Å²) in [6.07, 6.45) is -0.0581. The minimum atomic E-state index is -1.16. The number of nitrogens with one attached hydrogen (secondary N) is 3. The summed E-state index contributed by atoms with van der Waals surface area (Å²) in [6, 6.07) is 16.6. The highest BCUT2D eigenvalue weighted by Gasteiger charge is 2.47. The number of halogens is 1. The van der Waals surface area contributed by atoms with Gasteiger partial charge >= 0.3 is 0 Å². The second-order valence-corrected chi connectivity index (χ2v) is 7.64. The summed E-state index contributed by atoms with van der Waals surface area (Å²) < 4.78 is 0. The first kappa shape index (κ1) is 19.9. The lowest BCUT2D eigenvalue weighted by atomic mass is 9.96. The predicted octanol–water partition coefficient (Wildman–Crippen LogP) is 3.23. The van der Waals surface area contributed by atoms with Gasteiger partial charge in [-0.05, 0) is 37.1 Å². The van der Waals surface area contributed by atoms with Gasteiger partial charge in [-0.15, -0.1) is 0 Å². The molecule has 0 aliphatic carbocycles. The third kappa shape index (κ3) is 4.34. The van der Waals surface area contributed by atoms with E-state index in [1.54, 1.807) is 25.1 Å². The van der Waals surface area contributed by atoms with Crippen LogP contribution in [0.15, 0.2) is 54.6 Å². The van der Waals surface area contributed by atoms with Crippen molar-refractivity contribution in [3.05, 3.63) is 70.7 Å². The molecule has 2 amide bonds. The van der Waals surface area contributed by atoms with E-state index in [-0.39, 0.29) is 36.8 Å². The SMILES string of the molecule is CC(NC(=O)CC1(C)NC(=N)N(Cc2cccc(Cl)c2)C1=O)c1ccccc1. The average Bonchev–Trinajstić information content (AvgIpc) is 2.85. The summed E-state index contributed by atoms with van der Waals surface area (Å²) in [5.74, 6) is -0.575. The lowest BCUT2D eigenvalue weighted by molar-refractivity contribution is -0.134. The molecule has 1 aliphatic heterocycles. The molecular formula is C21H23ClN4O2. The molecule has 1 saturated heterocycles. The van der Waals surface area contributed by atoms with E-state index < -0.39 is 5.54 Å². The number of benzene rings is 2. The second-order valence-electron chi connectivity index (χ2n) is 7.20. The van der Waals surface area contributed by atoms with Gasteiger partial charge in [-0.1, -0.05) is 54.1 Å². The number of carbonyl (C=O) groups is 2. The molecule has 2 aromatic carbocycles. The van der Waals surface area contributed by atoms with Crippen LogP contribution in [0, 0.1) is 5.41 Å². The summed E-state index contributed by atoms with van der Waals surface area (Å²) in [4.78, 5) is 26.8. The maximum atomic E-state index is 12.9. The molecule has 0 spiro atoms. The van der Waals surface area contributed by atoms with Gasteiger partial charge in [-0.25, -0.2) is 0 Å². The van der Waals surface area contributed by atoms with Gasteiger partial charge in [0.15, 0.2) is 5.96 Å². The fourth-order valence-electron chi connectivity index (χ4n) is 3.31. The van der Waals surface area contributed by atoms with Crippen molar-refractivity contribution >= 4 is 29.4 Å². The molecule has 6 nitrogen and oxygen atoms in total. The van der Waals surface area contributed by atoms with Crippen molar-refractivity contribution in [1.29, 1.82) is 5.41 Å². The molecule has 0 radical (unpaired) electrons. The van der Waals surface area contributed by atoms with E-state index in [9.17, 15) is 9.59 Å². The van der Waals surface area contributed by atoms with E-state index in [0.717, 1.165) is 11.1 Å². The Hall–Kier alpha value is -2.86. The van der Waals surface area contributed by atoms with Gasteiger partial charge in [0.05, 0.1) is 19.0 Å². The Morgan fingerprint density at radius 3 is 2.64 bits per heavy atom. The number of rotatable bonds is 6. The molecule has 146 valence electrons. The molecule has 0 saturated carbocycles. The first-order valence-corrected chi connectivity index (χ1v) is 9.44. The molecule has 1 fully saturated rings. The molecule has 2 aromatic rings. The van der Waals surface area contributed by atoms with Gasteiger partial charge in [0.25, 0.3) is 5.91 Å². The van der Waals surface area contributed by atoms with Crippen LogP contribution in [0.1, 0.15) is 37.4 Å². The molecule has 2 atom stereocenters. The van der Waals surface area contributed by atoms with E-state index in [4.69, 9.17) is 17.0 Å². The number of hydrogen-bond acceptors (Lipinski definition) is 3. The van der Waals surface area contributed by atoms with Gasteiger partial charge in [0.2, 0.25) is 5.91 Å². The van der Waals surface area contributed by atoms with Crippen molar-refractivity contribution in [2.45, 2.75) is 38.4 Å². The summed E-state index contributed by atoms with van der Waals surface area (Å²) in [5.41, 5.74) is 0.650. The van der Waals surface area contributed by atoms with Crippen LogP contribution in [-0.2, 0) is 16.1 Å². The highest BCUT2D eigenvalue weighted by Crippen LogP contribution is 2.24. The highest BCUT2D eigenvalue weighted by molar-refractivity contribution is 6.30. The molecule has 3 rings (SSSR count). The summed E-state index contributed by atoms with van der Waals surface area (Å²) in [7, 11) is 0. The van der Waals surface area contributed by atoms with Crippen LogP contribution in [0.25, 0.3) is 0 Å². The van der Waals surface area contributed by atoms with Gasteiger partial charge in [-0.2, -0.15) is 0 Å². The number of nitrogens with zero attached hydrogens (tertiary/aromatic N) is 1. The maximum Gasteiger partial charge on any atom is 0.255 e. The molecular weight excluding hydrogens is 376 g/mol. The van der Waals surface area contributed by atoms with Crippen molar-refractivity contribution in [1.82, 2.24) is 15.5 Å². The Kier molecular flexibility index (Phi) is 5.70. The zero-order valence-corrected chi connectivity index (χ0v) is 16.6. The first-order valence-electron chi connectivity index (χ1n) is 9.06. The Labute approximate surface area is 169 Å². The summed E-state index contributed by atoms with van der Waals surface area (Å²) in [6.45, 7) is 3.77. The van der Waals surface area contributed by atoms with Crippen LogP contribution < -0.4 is 10.6 Å². The van der Waals surface area contributed by atoms with Crippen molar-refractivity contribution < 1.29 is 9.59 Å². The van der Waals surface area contributed by atoms with Crippen LogP contribution in [0.3, 0.4) is 0 Å². The van der Waals surface area contributed by atoms with Crippen LogP contribution in [-0.4, -0.2) is 28.2 Å². The van der Waals surface area contributed by atoms with Gasteiger partial charge in [-0.3, -0.25) is 19.9 Å². The Bertz CT molecular complexity index is 902. The normalized spacial score (nSPS) is 20.0. The molecule has 3 N–H and O–H groups in total. The van der Waals surface area contributed by atoms with E-state index in [2.05, 4.69) is 10.6 Å². The smallest absolute Gasteiger partial charge is 0.255 e. The zero-order chi connectivity index (χ0) is 20.3. The van der Waals surface area contributed by atoms with Crippen LogP contribution in [0.4, 0.5) is 0 Å². The molecule has 1 aliphatic rings. The lowest BCUT2D eigenvalue weighted by Crippen LogP contribution is -2.48. The third-order valence-electron chi connectivity index (χ3n) is 4.80. The van der Waals surface area contributed by atoms with Gasteiger partial charge in [0, 0.05) is 5.02 Å². The Balaban J connectivity index is 1.65. The van der Waals surface area contributed by atoms with Crippen molar-refractivity contribution in [2.75, 3.05) is 0 Å². The van der Waals surface area contributed by atoms with E-state index in [1.807, 2.05) is 43.3 Å². The van der Waals surface area contributed by atoms with Crippen molar-refractivity contribution in [3.8, 4) is 0 Å². The van der Waals surface area contributed by atoms with Crippen LogP contribution >= 0.6 is 11.6 Å². The molecule has 1 heterocycles. The number of amides is 2. The highest BCUT2D eigenvalue weighted by atomic mass is 35.5. The fraction of sp³-hybridized carbons (Fsp3) is 0.286. The second kappa shape index (κ2) is 8.02. The zero-order valence-electron chi connectivity index (χ0n) is 15.8. The molecule has 0 aromatic heterocycles. The number of carbonyl (C=O) groups excluding carboxylic acids is 2. The monoisotopic (exact) mass is 398 g/mol. The maximum absolute atomic E-state index is 12.9. The lowest BCUT2D eigenvalue weighted by Gasteiger charge is -2.23. The minimum Gasteiger partial charge on any atom is -0.349 e. The molecule has 7 heteroatoms. The minimum absolute atomic E-state index is 0.0172. The van der Waals surface area contributed by atoms with Crippen molar-refractivity contribution in [3.63, 3.8) is 0 Å². The first-order chi connectivity index (χ1) is 13.3. The standard InChI is InChI=1S/C21H23ClN4O2/c1-14(16-8-4-3-5-9-16)24-18(27)12-21(2)19(28)26(20(23)25-21)13-15-7-6-10-17(22)11-15/h3-11,14H,12-13H2,1-2H3,(H2,23,25)(H,24,27). The topological polar surface area (TPSA) is 85.3 Å². The van der Waals surface area contributed by atoms with Gasteiger partial charge < -0.3 is 10.6 Å². The average molecular weight is 399 g/mol. The summed E-state index contributed by atoms with van der Waals surface area (Å²) in [5, 5.41) is 14.5. The quantitative estimate of drug-likeness (QED) is 0.698. The molecule has 2 unspecified atom stereocenters. The molecule has 0 bridgehead atoms. The summed E-state index contributed by atoms with van der Waals surface area (Å²) >= 11 is 6.00. The van der Waals surface area contributed by atoms with Gasteiger partial charge in [0.1, 0.15) is 5.54 Å². The number of guanidine groups is 1. The predicted molar refractivity (Wildman–Crippen MR) is 109 cm³/mol. The number of hydrogen-bond donors (Lipinski definition) is 3. The van der Waals surface area contributed by atoms with Crippen LogP contribution in [0.2, 0.25) is 5.02 Å². The fourth-order valence-corrected chi connectivity index (χ4v) is 3.52. The van der Waals surface area contributed by atoms with Crippen LogP contribution in [0.5, 0.6) is 0 Å². The Morgan fingerprint density at radius 1 is 1.25 bits per heavy atom. The third-order valence-corrected chi connectivity index (χ3v) is 5.04. The van der Waals surface area contributed by atoms with Crippen molar-refractivity contribution in [2.24, 2.45) is 0 Å². The van der Waals surface area contributed by atoms with E-state index in [0.29, 0.717) is 5.02 Å². The molecule has 28 heavy (non-hydrogen) atoms. The van der Waals surface area contributed by atoms with E-state index in [1.165, 1.54) is 4.90 Å².